The second-order valence-corrected chi connectivity index (χ2v) is 3.05. The highest BCUT2D eigenvalue weighted by Gasteiger charge is 1.99. The second-order valence-electron chi connectivity index (χ2n) is 3.05. The molecule has 0 saturated carbocycles. The molecule has 1 aliphatic carbocycles. The summed E-state index contributed by atoms with van der Waals surface area (Å²) in [7, 11) is 0. The zero-order valence-corrected chi connectivity index (χ0v) is 8.44. The number of nitrogens with one attached hydrogen (secondary N) is 1. The minimum Gasteiger partial charge on any atom is -0.359 e. The zero-order valence-electron chi connectivity index (χ0n) is 8.44. The van der Waals surface area contributed by atoms with Crippen LogP contribution in [0.3, 0.4) is 0 Å². The normalized spacial score (nSPS) is 16.4. The summed E-state index contributed by atoms with van der Waals surface area (Å²) in [6.45, 7) is 6.11. The zero-order chi connectivity index (χ0) is 9.68. The first-order chi connectivity index (χ1) is 6.24. The van der Waals surface area contributed by atoms with Gasteiger partial charge in [0.2, 0.25) is 0 Å². The van der Waals surface area contributed by atoms with Gasteiger partial charge < -0.3 is 5.32 Å². The molecule has 0 aliphatic heterocycles. The first-order valence-corrected chi connectivity index (χ1v) is 4.51. The predicted octanol–water partition coefficient (Wildman–Crippen LogP) is 3.04. The molecule has 0 aromatic heterocycles. The molecule has 1 nitrogen and oxygen atoms in total. The van der Waals surface area contributed by atoms with Gasteiger partial charge in [0, 0.05) is 17.0 Å². The lowest BCUT2D eigenvalue weighted by atomic mass is 10.2. The number of allylic oxidation sites excluding steroid dienone is 5. The molecule has 0 bridgehead atoms. The predicted molar refractivity (Wildman–Crippen MR) is 56.0 cm³/mol. The number of hydrogen-bond acceptors (Lipinski definition) is 1. The van der Waals surface area contributed by atoms with Crippen molar-refractivity contribution in [3.8, 4) is 0 Å². The fraction of sp³-hybridized carbons (Fsp3) is 0.333. The summed E-state index contributed by atoms with van der Waals surface area (Å²) in [5.41, 5.74) is 9.48. The van der Waals surface area contributed by atoms with E-state index < -0.39 is 0 Å². The van der Waals surface area contributed by atoms with Crippen LogP contribution in [-0.4, -0.2) is 0 Å². The second kappa shape index (κ2) is 4.57. The fourth-order valence-electron chi connectivity index (χ4n) is 1.04. The quantitative estimate of drug-likeness (QED) is 0.633. The molecule has 1 N–H and O–H groups in total. The molecule has 0 aromatic rings. The van der Waals surface area contributed by atoms with Crippen molar-refractivity contribution in [2.45, 2.75) is 27.2 Å². The maximum atomic E-state index is 3.32. The number of rotatable bonds is 2. The third-order valence-corrected chi connectivity index (χ3v) is 1.97. The van der Waals surface area contributed by atoms with Gasteiger partial charge in [-0.25, -0.2) is 0 Å². The van der Waals surface area contributed by atoms with Gasteiger partial charge in [-0.1, -0.05) is 23.6 Å². The molecule has 1 aliphatic rings. The van der Waals surface area contributed by atoms with E-state index in [0.717, 1.165) is 23.4 Å². The van der Waals surface area contributed by atoms with E-state index in [4.69, 9.17) is 0 Å². The largest absolute Gasteiger partial charge is 0.359 e. The van der Waals surface area contributed by atoms with Crippen LogP contribution >= 0.6 is 0 Å². The molecule has 0 atom stereocenters. The van der Waals surface area contributed by atoms with Crippen molar-refractivity contribution in [1.29, 1.82) is 0 Å². The summed E-state index contributed by atoms with van der Waals surface area (Å²) >= 11 is 0. The van der Waals surface area contributed by atoms with Gasteiger partial charge in [-0.15, -0.1) is 0 Å². The van der Waals surface area contributed by atoms with Gasteiger partial charge in [0.05, 0.1) is 0 Å². The van der Waals surface area contributed by atoms with Gasteiger partial charge in [0.15, 0.2) is 0 Å². The Balaban J connectivity index is 2.83. The highest BCUT2D eigenvalue weighted by atomic mass is 14.9. The molecule has 68 valence electrons. The van der Waals surface area contributed by atoms with Crippen molar-refractivity contribution in [2.75, 3.05) is 0 Å². The van der Waals surface area contributed by atoms with E-state index in [0.29, 0.717) is 0 Å². The molecule has 0 amide bonds. The van der Waals surface area contributed by atoms with Crippen molar-refractivity contribution in [1.82, 2.24) is 5.32 Å². The van der Waals surface area contributed by atoms with E-state index in [1.54, 1.807) is 0 Å². The first-order valence-electron chi connectivity index (χ1n) is 4.51. The maximum Gasteiger partial charge on any atom is 0.0459 e. The highest BCUT2D eigenvalue weighted by molar-refractivity contribution is 5.31. The Labute approximate surface area is 79.8 Å². The number of hydrogen-bond donors (Lipinski definition) is 1. The van der Waals surface area contributed by atoms with E-state index in [1.165, 1.54) is 0 Å². The molecule has 1 rings (SSSR count). The van der Waals surface area contributed by atoms with Crippen LogP contribution < -0.4 is 5.32 Å². The van der Waals surface area contributed by atoms with E-state index in [-0.39, 0.29) is 0 Å². The van der Waals surface area contributed by atoms with Crippen LogP contribution in [0.5, 0.6) is 0 Å². The molecule has 0 heterocycles. The van der Waals surface area contributed by atoms with Crippen LogP contribution in [-0.2, 0) is 0 Å². The topological polar surface area (TPSA) is 12.0 Å². The monoisotopic (exact) mass is 173 g/mol. The van der Waals surface area contributed by atoms with E-state index in [9.17, 15) is 0 Å². The van der Waals surface area contributed by atoms with Crippen LogP contribution in [0.1, 0.15) is 27.2 Å². The first kappa shape index (κ1) is 9.67. The van der Waals surface area contributed by atoms with Crippen LogP contribution in [0.4, 0.5) is 0 Å². The SMILES string of the molecule is C/C=C(\C)NC1=CCC=C=C=C1C. The Morgan fingerprint density at radius 2 is 2.38 bits per heavy atom. The summed E-state index contributed by atoms with van der Waals surface area (Å²) in [5.74, 6) is 0. The maximum absolute atomic E-state index is 3.32. The van der Waals surface area contributed by atoms with Crippen molar-refractivity contribution in [3.63, 3.8) is 0 Å². The van der Waals surface area contributed by atoms with Crippen molar-refractivity contribution < 1.29 is 0 Å². The van der Waals surface area contributed by atoms with Gasteiger partial charge in [-0.05, 0) is 33.3 Å². The lowest BCUT2D eigenvalue weighted by Gasteiger charge is -2.09. The van der Waals surface area contributed by atoms with E-state index >= 15 is 0 Å². The van der Waals surface area contributed by atoms with Crippen molar-refractivity contribution >= 4 is 0 Å². The summed E-state index contributed by atoms with van der Waals surface area (Å²) in [6, 6.07) is 0. The van der Waals surface area contributed by atoms with Gasteiger partial charge in [-0.2, -0.15) is 0 Å². The molecule has 0 radical (unpaired) electrons. The van der Waals surface area contributed by atoms with Crippen LogP contribution in [0.2, 0.25) is 0 Å². The molecular weight excluding hydrogens is 158 g/mol. The van der Waals surface area contributed by atoms with E-state index in [1.807, 2.05) is 19.9 Å². The summed E-state index contributed by atoms with van der Waals surface area (Å²) < 4.78 is 0. The Bertz CT molecular complexity index is 343. The van der Waals surface area contributed by atoms with Gasteiger partial charge in [0.25, 0.3) is 0 Å². The Hall–Kier alpha value is -1.42. The molecule has 0 spiro atoms. The Morgan fingerprint density at radius 1 is 1.62 bits per heavy atom. The van der Waals surface area contributed by atoms with Crippen LogP contribution in [0.15, 0.2) is 46.7 Å². The van der Waals surface area contributed by atoms with Crippen LogP contribution in [0.25, 0.3) is 0 Å². The fourth-order valence-corrected chi connectivity index (χ4v) is 1.04. The molecule has 0 fully saturated rings. The average Bonchev–Trinajstić information content (AvgIpc) is 2.32. The third-order valence-electron chi connectivity index (χ3n) is 1.97. The highest BCUT2D eigenvalue weighted by Crippen LogP contribution is 2.09. The molecule has 0 aromatic carbocycles. The minimum absolute atomic E-state index is 0.920. The van der Waals surface area contributed by atoms with Gasteiger partial charge in [0.1, 0.15) is 0 Å². The Morgan fingerprint density at radius 3 is 3.08 bits per heavy atom. The molecular formula is C12H15N. The van der Waals surface area contributed by atoms with E-state index in [2.05, 4.69) is 35.9 Å². The smallest absolute Gasteiger partial charge is 0.0459 e. The van der Waals surface area contributed by atoms with Crippen LogP contribution in [0, 0.1) is 0 Å². The summed E-state index contributed by atoms with van der Waals surface area (Å²) in [5, 5.41) is 3.32. The summed E-state index contributed by atoms with van der Waals surface area (Å²) in [6.07, 6.45) is 7.10. The lowest BCUT2D eigenvalue weighted by Crippen LogP contribution is -2.10. The van der Waals surface area contributed by atoms with Gasteiger partial charge >= 0.3 is 0 Å². The summed E-state index contributed by atoms with van der Waals surface area (Å²) in [4.78, 5) is 0. The standard InChI is InChI=1S/C12H15N/c1-4-11(3)13-12-9-7-5-6-8-10(12)2/h4-5,9,13H,7H2,1-3H3/b11-4+. The van der Waals surface area contributed by atoms with Gasteiger partial charge in [-0.3, -0.25) is 0 Å². The minimum atomic E-state index is 0.920. The molecule has 0 saturated heterocycles. The van der Waals surface area contributed by atoms with Crippen molar-refractivity contribution in [2.24, 2.45) is 0 Å². The lowest BCUT2D eigenvalue weighted by molar-refractivity contribution is 0.964. The Kier molecular flexibility index (Phi) is 3.40. The van der Waals surface area contributed by atoms with Crippen molar-refractivity contribution in [3.05, 3.63) is 46.7 Å². The average molecular weight is 173 g/mol. The molecule has 13 heavy (non-hydrogen) atoms. The molecule has 0 unspecified atom stereocenters. The third kappa shape index (κ3) is 2.83. The molecule has 1 heteroatoms.